The molecule has 3 aromatic rings. The predicted molar refractivity (Wildman–Crippen MR) is 78.6 cm³/mol. The Morgan fingerprint density at radius 1 is 1.20 bits per heavy atom. The van der Waals surface area contributed by atoms with E-state index in [-0.39, 0.29) is 6.61 Å². The summed E-state index contributed by atoms with van der Waals surface area (Å²) in [5.74, 6) is 0.589. The normalized spacial score (nSPS) is 11.0. The Labute approximate surface area is 120 Å². The van der Waals surface area contributed by atoms with Gasteiger partial charge in [-0.1, -0.05) is 29.4 Å². The average Bonchev–Trinajstić information content (AvgIpc) is 3.16. The number of rotatable bonds is 5. The summed E-state index contributed by atoms with van der Waals surface area (Å²) in [6, 6.07) is 13.7. The molecule has 0 aliphatic heterocycles. The van der Waals surface area contributed by atoms with Crippen molar-refractivity contribution in [2.75, 3.05) is 0 Å². The van der Waals surface area contributed by atoms with Gasteiger partial charge in [0.25, 0.3) is 0 Å². The van der Waals surface area contributed by atoms with E-state index < -0.39 is 0 Å². The van der Waals surface area contributed by atoms with Crippen LogP contribution in [0.15, 0.2) is 63.7 Å². The largest absolute Gasteiger partial charge is 0.444 e. The van der Waals surface area contributed by atoms with Gasteiger partial charge in [0.15, 0.2) is 6.61 Å². The van der Waals surface area contributed by atoms with Gasteiger partial charge in [-0.2, -0.15) is 0 Å². The molecule has 0 radical (unpaired) electrons. The first kappa shape index (κ1) is 12.6. The van der Waals surface area contributed by atoms with E-state index in [1.165, 1.54) is 0 Å². The van der Waals surface area contributed by atoms with Crippen molar-refractivity contribution in [3.8, 4) is 11.5 Å². The third-order valence-electron chi connectivity index (χ3n) is 2.58. The van der Waals surface area contributed by atoms with Gasteiger partial charge in [-0.05, 0) is 23.6 Å². The smallest absolute Gasteiger partial charge is 0.226 e. The molecule has 3 rings (SSSR count). The Hall–Kier alpha value is -2.40. The van der Waals surface area contributed by atoms with E-state index in [4.69, 9.17) is 9.25 Å². The van der Waals surface area contributed by atoms with Crippen LogP contribution in [0.1, 0.15) is 10.6 Å². The minimum atomic E-state index is 0.290. The van der Waals surface area contributed by atoms with Crippen LogP contribution in [-0.2, 0) is 11.4 Å². The maximum absolute atomic E-state index is 5.41. The molecule has 0 fully saturated rings. The number of nitrogens with zero attached hydrogens (tertiary/aromatic N) is 2. The summed E-state index contributed by atoms with van der Waals surface area (Å²) in [7, 11) is 0. The van der Waals surface area contributed by atoms with Crippen LogP contribution >= 0.6 is 11.3 Å². The quantitative estimate of drug-likeness (QED) is 0.526. The van der Waals surface area contributed by atoms with Gasteiger partial charge in [0.05, 0.1) is 6.21 Å². The third kappa shape index (κ3) is 3.13. The molecular weight excluding hydrogens is 272 g/mol. The molecule has 0 aliphatic rings. The molecule has 0 amide bonds. The molecule has 0 saturated carbocycles. The lowest BCUT2D eigenvalue weighted by Crippen LogP contribution is -1.88. The number of aromatic nitrogens is 1. The molecule has 0 spiro atoms. The lowest BCUT2D eigenvalue weighted by Gasteiger charge is -1.94. The van der Waals surface area contributed by atoms with E-state index in [1.807, 2.05) is 47.8 Å². The summed E-state index contributed by atoms with van der Waals surface area (Å²) in [6.07, 6.45) is 3.27. The lowest BCUT2D eigenvalue weighted by atomic mass is 10.2. The van der Waals surface area contributed by atoms with Gasteiger partial charge in [0.2, 0.25) is 5.89 Å². The Morgan fingerprint density at radius 2 is 2.10 bits per heavy atom. The second-order valence-electron chi connectivity index (χ2n) is 4.03. The molecule has 20 heavy (non-hydrogen) atoms. The molecule has 2 heterocycles. The molecule has 4 nitrogen and oxygen atoms in total. The highest BCUT2D eigenvalue weighted by Crippen LogP contribution is 2.18. The number of oxime groups is 1. The monoisotopic (exact) mass is 284 g/mol. The first-order valence-electron chi connectivity index (χ1n) is 6.10. The molecule has 0 saturated heterocycles. The van der Waals surface area contributed by atoms with Crippen LogP contribution in [0.3, 0.4) is 0 Å². The number of oxazole rings is 1. The second kappa shape index (κ2) is 6.16. The fourth-order valence-corrected chi connectivity index (χ4v) is 2.22. The molecule has 0 bridgehead atoms. The minimum Gasteiger partial charge on any atom is -0.444 e. The van der Waals surface area contributed by atoms with Crippen LogP contribution < -0.4 is 0 Å². The van der Waals surface area contributed by atoms with Gasteiger partial charge in [-0.25, -0.2) is 4.98 Å². The van der Waals surface area contributed by atoms with Crippen molar-refractivity contribution < 1.29 is 9.25 Å². The number of thiophene rings is 1. The summed E-state index contributed by atoms with van der Waals surface area (Å²) in [5, 5.41) is 5.89. The number of benzene rings is 1. The van der Waals surface area contributed by atoms with Crippen LogP contribution in [-0.4, -0.2) is 11.2 Å². The molecule has 100 valence electrons. The fraction of sp³-hybridized carbons (Fsp3) is 0.0667. The highest BCUT2D eigenvalue weighted by molar-refractivity contribution is 7.11. The molecule has 1 aromatic carbocycles. The van der Waals surface area contributed by atoms with Gasteiger partial charge in [0, 0.05) is 10.4 Å². The highest BCUT2D eigenvalue weighted by atomic mass is 32.1. The van der Waals surface area contributed by atoms with Crippen molar-refractivity contribution >= 4 is 17.6 Å². The van der Waals surface area contributed by atoms with Crippen LogP contribution in [0.25, 0.3) is 11.5 Å². The summed E-state index contributed by atoms with van der Waals surface area (Å²) >= 11 is 1.61. The van der Waals surface area contributed by atoms with Gasteiger partial charge in [0.1, 0.15) is 12.0 Å². The molecule has 0 aliphatic carbocycles. The predicted octanol–water partition coefficient (Wildman–Crippen LogP) is 3.95. The number of hydrogen-bond acceptors (Lipinski definition) is 5. The first-order valence-corrected chi connectivity index (χ1v) is 6.98. The molecule has 0 atom stereocenters. The van der Waals surface area contributed by atoms with Crippen LogP contribution in [0.2, 0.25) is 0 Å². The van der Waals surface area contributed by atoms with E-state index >= 15 is 0 Å². The maximum atomic E-state index is 5.41. The standard InChI is InChI=1S/C15H12N2O2S/c1-2-5-12(6-3-1)15-17-13(10-18-15)11-19-16-9-14-7-4-8-20-14/h1-10H,11H2. The Morgan fingerprint density at radius 3 is 2.90 bits per heavy atom. The van der Waals surface area contributed by atoms with Crippen LogP contribution in [0.4, 0.5) is 0 Å². The highest BCUT2D eigenvalue weighted by Gasteiger charge is 2.06. The van der Waals surface area contributed by atoms with Crippen molar-refractivity contribution in [1.82, 2.24) is 4.98 Å². The van der Waals surface area contributed by atoms with Crippen molar-refractivity contribution in [2.45, 2.75) is 6.61 Å². The van der Waals surface area contributed by atoms with E-state index in [0.717, 1.165) is 10.4 Å². The van der Waals surface area contributed by atoms with Crippen molar-refractivity contribution in [2.24, 2.45) is 5.16 Å². The number of hydrogen-bond donors (Lipinski definition) is 0. The molecule has 0 unspecified atom stereocenters. The zero-order chi connectivity index (χ0) is 13.6. The zero-order valence-corrected chi connectivity index (χ0v) is 11.4. The summed E-state index contributed by atoms with van der Waals surface area (Å²) < 4.78 is 5.41. The van der Waals surface area contributed by atoms with Crippen LogP contribution in [0, 0.1) is 0 Å². The second-order valence-corrected chi connectivity index (χ2v) is 5.01. The maximum Gasteiger partial charge on any atom is 0.226 e. The van der Waals surface area contributed by atoms with Crippen molar-refractivity contribution in [3.63, 3.8) is 0 Å². The summed E-state index contributed by atoms with van der Waals surface area (Å²) in [6.45, 7) is 0.290. The lowest BCUT2D eigenvalue weighted by molar-refractivity contribution is 0.129. The third-order valence-corrected chi connectivity index (χ3v) is 3.39. The van der Waals surface area contributed by atoms with Crippen molar-refractivity contribution in [3.05, 3.63) is 64.7 Å². The van der Waals surface area contributed by atoms with Crippen LogP contribution in [0.5, 0.6) is 0 Å². The van der Waals surface area contributed by atoms with E-state index in [0.29, 0.717) is 11.6 Å². The topological polar surface area (TPSA) is 47.6 Å². The van der Waals surface area contributed by atoms with E-state index in [9.17, 15) is 0 Å². The Kier molecular flexibility index (Phi) is 3.89. The minimum absolute atomic E-state index is 0.290. The SMILES string of the molecule is C(=NOCc1coc(-c2ccccc2)n1)c1cccs1. The van der Waals surface area contributed by atoms with E-state index in [2.05, 4.69) is 10.1 Å². The van der Waals surface area contributed by atoms with E-state index in [1.54, 1.807) is 23.8 Å². The fourth-order valence-electron chi connectivity index (χ4n) is 1.64. The Balaban J connectivity index is 1.58. The molecule has 2 aromatic heterocycles. The molecular formula is C15H12N2O2S. The van der Waals surface area contributed by atoms with Gasteiger partial charge in [-0.3, -0.25) is 0 Å². The zero-order valence-electron chi connectivity index (χ0n) is 10.6. The van der Waals surface area contributed by atoms with Gasteiger partial charge >= 0.3 is 0 Å². The molecule has 5 heteroatoms. The summed E-state index contributed by atoms with van der Waals surface area (Å²) in [4.78, 5) is 10.6. The first-order chi connectivity index (χ1) is 9.92. The van der Waals surface area contributed by atoms with Gasteiger partial charge < -0.3 is 9.25 Å². The van der Waals surface area contributed by atoms with Gasteiger partial charge in [-0.15, -0.1) is 11.3 Å². The molecule has 0 N–H and O–H groups in total. The Bertz CT molecular complexity index is 675. The average molecular weight is 284 g/mol. The summed E-state index contributed by atoms with van der Waals surface area (Å²) in [5.41, 5.74) is 1.66. The van der Waals surface area contributed by atoms with Crippen molar-refractivity contribution in [1.29, 1.82) is 0 Å².